The summed E-state index contributed by atoms with van der Waals surface area (Å²) < 4.78 is 4.58. The number of esters is 1. The molecule has 0 radical (unpaired) electrons. The van der Waals surface area contributed by atoms with E-state index in [-0.39, 0.29) is 11.7 Å². The predicted octanol–water partition coefficient (Wildman–Crippen LogP) is 1.35. The summed E-state index contributed by atoms with van der Waals surface area (Å²) in [6.07, 6.45) is 2.31. The zero-order valence-corrected chi connectivity index (χ0v) is 10.4. The topological polar surface area (TPSA) is 64.1 Å². The summed E-state index contributed by atoms with van der Waals surface area (Å²) in [5.74, 6) is 0.825. The molecular weight excluding hydrogens is 226 g/mol. The van der Waals surface area contributed by atoms with E-state index in [9.17, 15) is 4.79 Å². The third-order valence-electron chi connectivity index (χ3n) is 2.05. The Morgan fingerprint density at radius 1 is 1.56 bits per heavy atom. The largest absolute Gasteiger partial charge is 0.468 e. The van der Waals surface area contributed by atoms with Crippen LogP contribution in [0.3, 0.4) is 0 Å². The van der Waals surface area contributed by atoms with Crippen molar-refractivity contribution in [2.24, 2.45) is 0 Å². The Morgan fingerprint density at radius 2 is 2.31 bits per heavy atom. The number of hydrogen-bond acceptors (Lipinski definition) is 6. The van der Waals surface area contributed by atoms with Crippen molar-refractivity contribution >= 4 is 23.5 Å². The van der Waals surface area contributed by atoms with E-state index in [0.717, 1.165) is 22.8 Å². The van der Waals surface area contributed by atoms with Crippen LogP contribution in [0, 0.1) is 0 Å². The van der Waals surface area contributed by atoms with E-state index >= 15 is 0 Å². The predicted molar refractivity (Wildman–Crippen MR) is 63.7 cm³/mol. The van der Waals surface area contributed by atoms with Gasteiger partial charge in [-0.05, 0) is 6.42 Å². The molecule has 0 aromatic carbocycles. The number of thioether (sulfide) groups is 1. The summed E-state index contributed by atoms with van der Waals surface area (Å²) >= 11 is 1.37. The lowest BCUT2D eigenvalue weighted by molar-refractivity contribution is -0.137. The Morgan fingerprint density at radius 3 is 2.88 bits per heavy atom. The average molecular weight is 241 g/mol. The molecule has 0 unspecified atom stereocenters. The van der Waals surface area contributed by atoms with Crippen molar-refractivity contribution in [3.63, 3.8) is 0 Å². The molecule has 88 valence electrons. The van der Waals surface area contributed by atoms with Crippen LogP contribution >= 0.6 is 11.8 Å². The number of nitrogens with one attached hydrogen (secondary N) is 1. The summed E-state index contributed by atoms with van der Waals surface area (Å²) in [7, 11) is 3.19. The number of ether oxygens (including phenoxy) is 1. The second-order valence-electron chi connectivity index (χ2n) is 2.97. The molecule has 0 saturated heterocycles. The molecular formula is C10H15N3O2S. The fraction of sp³-hybridized carbons (Fsp3) is 0.500. The van der Waals surface area contributed by atoms with Gasteiger partial charge in [-0.25, -0.2) is 9.97 Å². The Kier molecular flexibility index (Phi) is 5.04. The summed E-state index contributed by atoms with van der Waals surface area (Å²) in [6.45, 7) is 2.03. The summed E-state index contributed by atoms with van der Waals surface area (Å²) in [5.41, 5.74) is 1.03. The van der Waals surface area contributed by atoms with E-state index in [1.807, 2.05) is 14.0 Å². The molecule has 0 aliphatic heterocycles. The number of rotatable bonds is 5. The van der Waals surface area contributed by atoms with E-state index in [1.54, 1.807) is 0 Å². The van der Waals surface area contributed by atoms with Gasteiger partial charge in [0.15, 0.2) is 0 Å². The molecule has 1 rings (SSSR count). The minimum absolute atomic E-state index is 0.253. The van der Waals surface area contributed by atoms with Gasteiger partial charge in [-0.2, -0.15) is 0 Å². The lowest BCUT2D eigenvalue weighted by Crippen LogP contribution is -2.06. The molecule has 0 bridgehead atoms. The van der Waals surface area contributed by atoms with Crippen LogP contribution in [-0.4, -0.2) is 35.8 Å². The molecule has 1 N–H and O–H groups in total. The van der Waals surface area contributed by atoms with E-state index in [0.29, 0.717) is 0 Å². The number of nitrogens with zero attached hydrogens (tertiary/aromatic N) is 2. The lowest BCUT2D eigenvalue weighted by Gasteiger charge is -2.09. The van der Waals surface area contributed by atoms with Crippen molar-refractivity contribution < 1.29 is 9.53 Å². The highest BCUT2D eigenvalue weighted by molar-refractivity contribution is 7.99. The molecule has 0 amide bonds. The molecule has 1 aromatic heterocycles. The Balaban J connectivity index is 2.82. The van der Waals surface area contributed by atoms with Crippen LogP contribution in [0.2, 0.25) is 0 Å². The third-order valence-corrected chi connectivity index (χ3v) is 3.06. The van der Waals surface area contributed by atoms with Gasteiger partial charge in [0.25, 0.3) is 0 Å². The zero-order valence-electron chi connectivity index (χ0n) is 9.61. The molecule has 1 heterocycles. The molecule has 16 heavy (non-hydrogen) atoms. The number of aromatic nitrogens is 2. The van der Waals surface area contributed by atoms with Gasteiger partial charge in [0.2, 0.25) is 0 Å². The first kappa shape index (κ1) is 12.8. The second kappa shape index (κ2) is 6.32. The van der Waals surface area contributed by atoms with Crippen LogP contribution in [0.1, 0.15) is 12.5 Å². The van der Waals surface area contributed by atoms with E-state index < -0.39 is 0 Å². The van der Waals surface area contributed by atoms with Gasteiger partial charge in [0, 0.05) is 12.6 Å². The van der Waals surface area contributed by atoms with Crippen LogP contribution in [0.25, 0.3) is 0 Å². The Bertz CT molecular complexity index is 371. The van der Waals surface area contributed by atoms with Crippen molar-refractivity contribution in [2.45, 2.75) is 18.4 Å². The zero-order chi connectivity index (χ0) is 12.0. The van der Waals surface area contributed by atoms with E-state index in [1.165, 1.54) is 25.2 Å². The molecule has 0 saturated carbocycles. The highest BCUT2D eigenvalue weighted by Gasteiger charge is 2.11. The molecule has 6 heteroatoms. The van der Waals surface area contributed by atoms with Gasteiger partial charge in [-0.3, -0.25) is 4.79 Å². The lowest BCUT2D eigenvalue weighted by atomic mass is 10.2. The van der Waals surface area contributed by atoms with Crippen LogP contribution in [0.5, 0.6) is 0 Å². The van der Waals surface area contributed by atoms with Crippen molar-refractivity contribution in [2.75, 3.05) is 25.2 Å². The first-order valence-corrected chi connectivity index (χ1v) is 5.92. The Labute approximate surface area is 99.0 Å². The average Bonchev–Trinajstić information content (AvgIpc) is 2.34. The van der Waals surface area contributed by atoms with Crippen LogP contribution in [-0.2, 0) is 16.0 Å². The number of anilines is 1. The standard InChI is InChI=1S/C10H15N3O2S/c1-4-7-9(11-2)12-6-13-10(7)16-5-8(14)15-3/h6H,4-5H2,1-3H3,(H,11,12,13). The minimum atomic E-state index is -0.253. The Hall–Kier alpha value is -1.30. The summed E-state index contributed by atoms with van der Waals surface area (Å²) in [6, 6.07) is 0. The SMILES string of the molecule is CCc1c(NC)ncnc1SCC(=O)OC. The van der Waals surface area contributed by atoms with Crippen molar-refractivity contribution in [3.8, 4) is 0 Å². The maximum atomic E-state index is 11.0. The normalized spacial score (nSPS) is 9.94. The maximum Gasteiger partial charge on any atom is 0.316 e. The van der Waals surface area contributed by atoms with Gasteiger partial charge in [-0.1, -0.05) is 18.7 Å². The van der Waals surface area contributed by atoms with Gasteiger partial charge >= 0.3 is 5.97 Å². The molecule has 5 nitrogen and oxygen atoms in total. The second-order valence-corrected chi connectivity index (χ2v) is 3.94. The molecule has 0 spiro atoms. The first-order valence-electron chi connectivity index (χ1n) is 4.94. The van der Waals surface area contributed by atoms with Crippen molar-refractivity contribution in [1.82, 2.24) is 9.97 Å². The highest BCUT2D eigenvalue weighted by atomic mass is 32.2. The van der Waals surface area contributed by atoms with Gasteiger partial charge in [0.1, 0.15) is 17.2 Å². The number of methoxy groups -OCH3 is 1. The summed E-state index contributed by atoms with van der Waals surface area (Å²) in [5, 5.41) is 3.83. The number of hydrogen-bond donors (Lipinski definition) is 1. The van der Waals surface area contributed by atoms with Crippen LogP contribution < -0.4 is 5.32 Å². The first-order chi connectivity index (χ1) is 7.72. The molecule has 0 aliphatic rings. The van der Waals surface area contributed by atoms with E-state index in [4.69, 9.17) is 0 Å². The van der Waals surface area contributed by atoms with Crippen molar-refractivity contribution in [1.29, 1.82) is 0 Å². The smallest absolute Gasteiger partial charge is 0.316 e. The number of carbonyl (C=O) groups is 1. The fourth-order valence-electron chi connectivity index (χ4n) is 1.24. The molecule has 0 fully saturated rings. The summed E-state index contributed by atoms with van der Waals surface area (Å²) in [4.78, 5) is 19.3. The maximum absolute atomic E-state index is 11.0. The third kappa shape index (κ3) is 3.10. The van der Waals surface area contributed by atoms with Crippen LogP contribution in [0.4, 0.5) is 5.82 Å². The molecule has 0 aliphatic carbocycles. The van der Waals surface area contributed by atoms with Crippen molar-refractivity contribution in [3.05, 3.63) is 11.9 Å². The quantitative estimate of drug-likeness (QED) is 0.477. The van der Waals surface area contributed by atoms with Crippen LogP contribution in [0.15, 0.2) is 11.4 Å². The van der Waals surface area contributed by atoms with Gasteiger partial charge in [-0.15, -0.1) is 0 Å². The highest BCUT2D eigenvalue weighted by Crippen LogP contribution is 2.24. The molecule has 1 aromatic rings. The van der Waals surface area contributed by atoms with Gasteiger partial charge < -0.3 is 10.1 Å². The van der Waals surface area contributed by atoms with Gasteiger partial charge in [0.05, 0.1) is 12.9 Å². The fourth-order valence-corrected chi connectivity index (χ4v) is 2.15. The number of carbonyl (C=O) groups excluding carboxylic acids is 1. The minimum Gasteiger partial charge on any atom is -0.468 e. The van der Waals surface area contributed by atoms with E-state index in [2.05, 4.69) is 20.0 Å². The molecule has 0 atom stereocenters. The monoisotopic (exact) mass is 241 g/mol.